The monoisotopic (exact) mass is 403 g/mol. The molecule has 5 nitrogen and oxygen atoms in total. The van der Waals surface area contributed by atoms with Crippen LogP contribution in [0.3, 0.4) is 0 Å². The van der Waals surface area contributed by atoms with Crippen molar-refractivity contribution in [3.63, 3.8) is 0 Å². The summed E-state index contributed by atoms with van der Waals surface area (Å²) in [5.74, 6) is 2.29. The van der Waals surface area contributed by atoms with E-state index in [0.29, 0.717) is 24.7 Å². The molecule has 0 aromatic heterocycles. The summed E-state index contributed by atoms with van der Waals surface area (Å²) in [6, 6.07) is 13.7. The normalized spacial score (nSPS) is 11.6. The Morgan fingerprint density at radius 2 is 1.82 bits per heavy atom. The Hall–Kier alpha value is -2.34. The Morgan fingerprint density at radius 3 is 2.54 bits per heavy atom. The number of aryl methyl sites for hydroxylation is 1. The van der Waals surface area contributed by atoms with Gasteiger partial charge >= 0.3 is 0 Å². The predicted molar refractivity (Wildman–Crippen MR) is 114 cm³/mol. The zero-order chi connectivity index (χ0) is 20.4. The number of carbonyl (C=O) groups excluding carboxylic acids is 1. The highest BCUT2D eigenvalue weighted by molar-refractivity contribution is 8.00. The van der Waals surface area contributed by atoms with Crippen LogP contribution in [0.1, 0.15) is 25.8 Å². The fourth-order valence-corrected chi connectivity index (χ4v) is 3.71. The third kappa shape index (κ3) is 6.37. The molecule has 0 aliphatic rings. The molecule has 152 valence electrons. The van der Waals surface area contributed by atoms with Crippen molar-refractivity contribution in [2.75, 3.05) is 27.4 Å². The van der Waals surface area contributed by atoms with E-state index in [-0.39, 0.29) is 11.2 Å². The molecule has 0 aliphatic heterocycles. The van der Waals surface area contributed by atoms with Crippen LogP contribution >= 0.6 is 11.8 Å². The molecule has 2 rings (SSSR count). The summed E-state index contributed by atoms with van der Waals surface area (Å²) in [7, 11) is 3.21. The molecule has 1 atom stereocenters. The Kier molecular flexibility index (Phi) is 9.01. The second-order valence-corrected chi connectivity index (χ2v) is 7.63. The summed E-state index contributed by atoms with van der Waals surface area (Å²) in [5, 5.41) is 2.82. The van der Waals surface area contributed by atoms with Gasteiger partial charge in [0.05, 0.1) is 26.1 Å². The van der Waals surface area contributed by atoms with Gasteiger partial charge < -0.3 is 19.5 Å². The summed E-state index contributed by atoms with van der Waals surface area (Å²) >= 11 is 1.50. The van der Waals surface area contributed by atoms with Crippen LogP contribution in [-0.4, -0.2) is 38.5 Å². The van der Waals surface area contributed by atoms with Crippen molar-refractivity contribution < 1.29 is 19.0 Å². The molecule has 2 aromatic carbocycles. The minimum Gasteiger partial charge on any atom is -0.494 e. The van der Waals surface area contributed by atoms with Crippen LogP contribution in [0.4, 0.5) is 0 Å². The smallest absolute Gasteiger partial charge is 0.233 e. The fourth-order valence-electron chi connectivity index (χ4n) is 2.79. The van der Waals surface area contributed by atoms with Gasteiger partial charge in [0.2, 0.25) is 5.91 Å². The number of hydrogen-bond donors (Lipinski definition) is 1. The second kappa shape index (κ2) is 11.5. The van der Waals surface area contributed by atoms with Crippen LogP contribution < -0.4 is 19.5 Å². The van der Waals surface area contributed by atoms with Gasteiger partial charge in [-0.3, -0.25) is 4.79 Å². The lowest BCUT2D eigenvalue weighted by molar-refractivity contribution is -0.120. The molecule has 0 spiro atoms. The van der Waals surface area contributed by atoms with Crippen molar-refractivity contribution >= 4 is 17.7 Å². The number of nitrogens with one attached hydrogen (secondary N) is 1. The molecular weight excluding hydrogens is 374 g/mol. The third-order valence-electron chi connectivity index (χ3n) is 4.23. The lowest BCUT2D eigenvalue weighted by atomic mass is 10.1. The fraction of sp³-hybridized carbons (Fsp3) is 0.409. The first-order chi connectivity index (χ1) is 13.6. The third-order valence-corrected chi connectivity index (χ3v) is 5.33. The highest BCUT2D eigenvalue weighted by Gasteiger charge is 2.15. The van der Waals surface area contributed by atoms with Crippen LogP contribution in [0.2, 0.25) is 0 Å². The number of thioether (sulfide) groups is 1. The lowest BCUT2D eigenvalue weighted by Crippen LogP contribution is -2.31. The topological polar surface area (TPSA) is 56.8 Å². The molecule has 0 aliphatic carbocycles. The number of ether oxygens (including phenoxy) is 3. The highest BCUT2D eigenvalue weighted by atomic mass is 32.2. The maximum absolute atomic E-state index is 12.4. The first-order valence-electron chi connectivity index (χ1n) is 9.46. The number of amides is 1. The van der Waals surface area contributed by atoms with Crippen molar-refractivity contribution in [1.82, 2.24) is 5.32 Å². The molecular formula is C22H29NO4S. The number of methoxy groups -OCH3 is 2. The maximum Gasteiger partial charge on any atom is 0.233 e. The molecule has 0 fully saturated rings. The number of carbonyl (C=O) groups is 1. The number of hydrogen-bond acceptors (Lipinski definition) is 5. The molecule has 6 heteroatoms. The summed E-state index contributed by atoms with van der Waals surface area (Å²) in [4.78, 5) is 13.4. The second-order valence-electron chi connectivity index (χ2n) is 6.21. The molecule has 0 saturated heterocycles. The van der Waals surface area contributed by atoms with Crippen molar-refractivity contribution in [1.29, 1.82) is 0 Å². The average molecular weight is 404 g/mol. The van der Waals surface area contributed by atoms with Crippen molar-refractivity contribution in [3.05, 3.63) is 48.0 Å². The van der Waals surface area contributed by atoms with Gasteiger partial charge in [-0.25, -0.2) is 0 Å². The zero-order valence-corrected chi connectivity index (χ0v) is 17.8. The molecule has 0 unspecified atom stereocenters. The largest absolute Gasteiger partial charge is 0.494 e. The van der Waals surface area contributed by atoms with E-state index >= 15 is 0 Å². The van der Waals surface area contributed by atoms with Gasteiger partial charge in [-0.1, -0.05) is 18.2 Å². The van der Waals surface area contributed by atoms with Gasteiger partial charge in [0.25, 0.3) is 0 Å². The Morgan fingerprint density at radius 1 is 1.07 bits per heavy atom. The van der Waals surface area contributed by atoms with E-state index in [1.165, 1.54) is 17.3 Å². The lowest BCUT2D eigenvalue weighted by Gasteiger charge is -2.14. The summed E-state index contributed by atoms with van der Waals surface area (Å²) in [6.45, 7) is 5.17. The highest BCUT2D eigenvalue weighted by Crippen LogP contribution is 2.33. The summed E-state index contributed by atoms with van der Waals surface area (Å²) < 4.78 is 16.2. The number of benzene rings is 2. The van der Waals surface area contributed by atoms with Gasteiger partial charge in [-0.2, -0.15) is 0 Å². The van der Waals surface area contributed by atoms with Crippen LogP contribution in [0.25, 0.3) is 0 Å². The molecule has 1 N–H and O–H groups in total. The first kappa shape index (κ1) is 22.0. The molecule has 0 heterocycles. The number of para-hydroxylation sites is 1. The van der Waals surface area contributed by atoms with E-state index in [0.717, 1.165) is 23.5 Å². The molecule has 0 bridgehead atoms. The Balaban J connectivity index is 1.80. The zero-order valence-electron chi connectivity index (χ0n) is 17.0. The Bertz CT molecular complexity index is 766. The van der Waals surface area contributed by atoms with Crippen LogP contribution in [0, 0.1) is 0 Å². The van der Waals surface area contributed by atoms with Gasteiger partial charge in [0.15, 0.2) is 11.5 Å². The molecule has 0 radical (unpaired) electrons. The average Bonchev–Trinajstić information content (AvgIpc) is 2.72. The van der Waals surface area contributed by atoms with Gasteiger partial charge in [-0.15, -0.1) is 11.8 Å². The van der Waals surface area contributed by atoms with Crippen LogP contribution in [-0.2, 0) is 11.2 Å². The minimum atomic E-state index is -0.200. The SMILES string of the molecule is CCOc1ccccc1CCCNC(=O)[C@H](C)Sc1ccc(OC)c(OC)c1. The van der Waals surface area contributed by atoms with Gasteiger partial charge in [0, 0.05) is 11.4 Å². The van der Waals surface area contributed by atoms with Crippen molar-refractivity contribution in [2.45, 2.75) is 36.8 Å². The Labute approximate surface area is 171 Å². The molecule has 0 saturated carbocycles. The molecule has 2 aromatic rings. The molecule has 28 heavy (non-hydrogen) atoms. The van der Waals surface area contributed by atoms with E-state index in [4.69, 9.17) is 14.2 Å². The maximum atomic E-state index is 12.4. The van der Waals surface area contributed by atoms with E-state index in [1.54, 1.807) is 14.2 Å². The molecule has 1 amide bonds. The van der Waals surface area contributed by atoms with E-state index < -0.39 is 0 Å². The van der Waals surface area contributed by atoms with Gasteiger partial charge in [0.1, 0.15) is 5.75 Å². The first-order valence-corrected chi connectivity index (χ1v) is 10.3. The van der Waals surface area contributed by atoms with Crippen LogP contribution in [0.5, 0.6) is 17.2 Å². The van der Waals surface area contributed by atoms with Crippen molar-refractivity contribution in [2.24, 2.45) is 0 Å². The summed E-state index contributed by atoms with van der Waals surface area (Å²) in [6.07, 6.45) is 1.73. The van der Waals surface area contributed by atoms with Crippen molar-refractivity contribution in [3.8, 4) is 17.2 Å². The minimum absolute atomic E-state index is 0.0258. The number of rotatable bonds is 11. The van der Waals surface area contributed by atoms with Gasteiger partial charge in [-0.05, 0) is 56.5 Å². The predicted octanol–water partition coefficient (Wildman–Crippen LogP) is 4.33. The standard InChI is InChI=1S/C22H29NO4S/c1-5-27-19-11-7-6-9-17(19)10-8-14-23-22(24)16(2)28-18-12-13-20(25-3)21(15-18)26-4/h6-7,9,11-13,15-16H,5,8,10,14H2,1-4H3,(H,23,24)/t16-/m0/s1. The van der Waals surface area contributed by atoms with Crippen LogP contribution in [0.15, 0.2) is 47.4 Å². The van der Waals surface area contributed by atoms with E-state index in [9.17, 15) is 4.79 Å². The van der Waals surface area contributed by atoms with E-state index in [1.807, 2.05) is 50.2 Å². The summed E-state index contributed by atoms with van der Waals surface area (Å²) in [5.41, 5.74) is 1.17. The van der Waals surface area contributed by atoms with E-state index in [2.05, 4.69) is 11.4 Å². The quantitative estimate of drug-likeness (QED) is 0.447.